The summed E-state index contributed by atoms with van der Waals surface area (Å²) in [6.07, 6.45) is 5.90. The Morgan fingerprint density at radius 1 is 0.393 bits per heavy atom. The Labute approximate surface area is 327 Å². The maximum atomic E-state index is 4.96. The van der Waals surface area contributed by atoms with Crippen molar-refractivity contribution in [2.45, 2.75) is 0 Å². The number of fused-ring (bicyclic) bond motifs is 12. The predicted octanol–water partition coefficient (Wildman–Crippen LogP) is 9.88. The van der Waals surface area contributed by atoms with Crippen molar-refractivity contribution in [1.82, 2.24) is 18.9 Å². The first kappa shape index (κ1) is 31.5. The number of imidazole rings is 1. The number of nitrogens with zero attached hydrogens (tertiary/aromatic N) is 4. The van der Waals surface area contributed by atoms with Crippen LogP contribution in [0.2, 0.25) is 0 Å². The van der Waals surface area contributed by atoms with Crippen LogP contribution in [0.5, 0.6) is 0 Å². The van der Waals surface area contributed by atoms with Gasteiger partial charge in [-0.3, -0.25) is 8.97 Å². The minimum absolute atomic E-state index is 0.913. The Morgan fingerprint density at radius 2 is 1.05 bits per heavy atom. The Bertz CT molecular complexity index is 3440. The topological polar surface area (TPSA) is 35.1 Å². The normalized spacial score (nSPS) is 12.3. The SMILES string of the molecule is c1ccc([Si](c2ccccc2)(c2ccc3c4ccccc4n4ccnc4c3c2)c2ccc3c4cc5c(cc4n(-c4ccccn4)c3c2)sc2ccccc25)cc1. The average molecular weight is 749 g/mol. The quantitative estimate of drug-likeness (QED) is 0.0999. The molecule has 0 amide bonds. The number of hydrogen-bond donors (Lipinski definition) is 0. The van der Waals surface area contributed by atoms with Gasteiger partial charge in [0, 0.05) is 60.3 Å². The molecule has 56 heavy (non-hydrogen) atoms. The first-order valence-electron chi connectivity index (χ1n) is 19.0. The molecular weight excluding hydrogens is 717 g/mol. The number of rotatable bonds is 5. The summed E-state index contributed by atoms with van der Waals surface area (Å²) in [4.78, 5) is 9.92. The summed E-state index contributed by atoms with van der Waals surface area (Å²) in [5.41, 5.74) is 4.46. The van der Waals surface area contributed by atoms with Gasteiger partial charge >= 0.3 is 0 Å². The molecule has 0 fully saturated rings. The molecule has 0 aliphatic carbocycles. The van der Waals surface area contributed by atoms with E-state index in [1.165, 1.54) is 68.0 Å². The fourth-order valence-electron chi connectivity index (χ4n) is 9.38. The van der Waals surface area contributed by atoms with Crippen LogP contribution in [-0.4, -0.2) is 27.0 Å². The molecule has 0 aliphatic heterocycles. The van der Waals surface area contributed by atoms with Crippen LogP contribution in [0.3, 0.4) is 0 Å². The van der Waals surface area contributed by atoms with Crippen molar-refractivity contribution >= 4 is 109 Å². The summed E-state index contributed by atoms with van der Waals surface area (Å²) in [6.45, 7) is 0. The smallest absolute Gasteiger partial charge is 0.179 e. The summed E-state index contributed by atoms with van der Waals surface area (Å²) in [6, 6.07) is 65.3. The molecule has 0 unspecified atom stereocenters. The van der Waals surface area contributed by atoms with Gasteiger partial charge in [-0.2, -0.15) is 0 Å². The van der Waals surface area contributed by atoms with Crippen molar-refractivity contribution in [3.63, 3.8) is 0 Å². The van der Waals surface area contributed by atoms with Crippen molar-refractivity contribution in [1.29, 1.82) is 0 Å². The van der Waals surface area contributed by atoms with Crippen molar-refractivity contribution in [3.05, 3.63) is 195 Å². The highest BCUT2D eigenvalue weighted by Crippen LogP contribution is 2.40. The van der Waals surface area contributed by atoms with Gasteiger partial charge in [-0.1, -0.05) is 133 Å². The van der Waals surface area contributed by atoms with Crippen LogP contribution in [0.15, 0.2) is 195 Å². The minimum atomic E-state index is -2.98. The highest BCUT2D eigenvalue weighted by atomic mass is 32.1. The van der Waals surface area contributed by atoms with Crippen LogP contribution in [0.4, 0.5) is 0 Å². The second kappa shape index (κ2) is 12.1. The van der Waals surface area contributed by atoms with Crippen molar-refractivity contribution in [2.75, 3.05) is 0 Å². The third-order valence-corrected chi connectivity index (χ3v) is 17.7. The van der Waals surface area contributed by atoms with Crippen LogP contribution >= 0.6 is 11.3 Å². The van der Waals surface area contributed by atoms with Gasteiger partial charge in [0.1, 0.15) is 11.5 Å². The number of pyridine rings is 2. The lowest BCUT2D eigenvalue weighted by Gasteiger charge is -2.35. The molecule has 0 spiro atoms. The van der Waals surface area contributed by atoms with Crippen LogP contribution in [-0.2, 0) is 0 Å². The van der Waals surface area contributed by atoms with E-state index in [0.29, 0.717) is 0 Å². The zero-order chi connectivity index (χ0) is 36.8. The molecule has 4 nitrogen and oxygen atoms in total. The zero-order valence-electron chi connectivity index (χ0n) is 30.2. The monoisotopic (exact) mass is 748 g/mol. The van der Waals surface area contributed by atoms with Crippen LogP contribution in [0.25, 0.3) is 75.1 Å². The van der Waals surface area contributed by atoms with Gasteiger partial charge in [-0.25, -0.2) is 9.97 Å². The van der Waals surface area contributed by atoms with Gasteiger partial charge in [-0.05, 0) is 68.6 Å². The first-order valence-corrected chi connectivity index (χ1v) is 21.8. The van der Waals surface area contributed by atoms with Crippen molar-refractivity contribution < 1.29 is 0 Å². The third-order valence-electron chi connectivity index (χ3n) is 11.8. The van der Waals surface area contributed by atoms with E-state index < -0.39 is 8.07 Å². The third kappa shape index (κ3) is 4.39. The Morgan fingerprint density at radius 3 is 1.84 bits per heavy atom. The molecule has 6 heteroatoms. The number of benzene rings is 7. The largest absolute Gasteiger partial charge is 0.299 e. The molecule has 0 radical (unpaired) electrons. The highest BCUT2D eigenvalue weighted by molar-refractivity contribution is 7.26. The number of thiophene rings is 1. The molecule has 12 rings (SSSR count). The first-order chi connectivity index (χ1) is 27.8. The number of aromatic nitrogens is 4. The maximum Gasteiger partial charge on any atom is 0.179 e. The standard InChI is InChI=1S/C50H32N4SSi/c1-3-13-33(14-4-1)56(34-15-5-2-6-16-34,35-22-24-37-38-17-7-9-19-44(38)53-28-27-52-50(53)43(37)29-35)36-23-25-39-41-31-42-40-18-8-10-20-47(40)55-48(42)32-46(41)54(45(39)30-36)49-21-11-12-26-51-49/h1-32H. The van der Waals surface area contributed by atoms with E-state index in [9.17, 15) is 0 Å². The van der Waals surface area contributed by atoms with Gasteiger partial charge < -0.3 is 0 Å². The fraction of sp³-hybridized carbons (Fsp3) is 0. The van der Waals surface area contributed by atoms with E-state index >= 15 is 0 Å². The van der Waals surface area contributed by atoms with E-state index in [1.54, 1.807) is 0 Å². The van der Waals surface area contributed by atoms with Gasteiger partial charge in [0.2, 0.25) is 0 Å². The molecule has 0 saturated carbocycles. The second-order valence-corrected chi connectivity index (χ2v) is 19.5. The van der Waals surface area contributed by atoms with Crippen LogP contribution in [0.1, 0.15) is 0 Å². The lowest BCUT2D eigenvalue weighted by Crippen LogP contribution is -2.74. The Hall–Kier alpha value is -6.86. The molecule has 0 saturated heterocycles. The molecule has 5 aromatic heterocycles. The van der Waals surface area contributed by atoms with Crippen molar-refractivity contribution in [2.24, 2.45) is 0 Å². The summed E-state index contributed by atoms with van der Waals surface area (Å²) in [7, 11) is -2.98. The maximum absolute atomic E-state index is 4.96. The lowest BCUT2D eigenvalue weighted by atomic mass is 10.1. The predicted molar refractivity (Wildman–Crippen MR) is 239 cm³/mol. The van der Waals surface area contributed by atoms with E-state index in [2.05, 4.69) is 185 Å². The minimum Gasteiger partial charge on any atom is -0.299 e. The summed E-state index contributed by atoms with van der Waals surface area (Å²) in [5, 5.41) is 13.9. The van der Waals surface area contributed by atoms with Crippen LogP contribution < -0.4 is 20.7 Å². The molecule has 5 heterocycles. The highest BCUT2D eigenvalue weighted by Gasteiger charge is 2.42. The molecule has 0 bridgehead atoms. The van der Waals surface area contributed by atoms with Crippen LogP contribution in [0, 0.1) is 0 Å². The molecule has 7 aromatic carbocycles. The molecule has 262 valence electrons. The summed E-state index contributed by atoms with van der Waals surface area (Å²) >= 11 is 1.86. The van der Waals surface area contributed by atoms with E-state index in [4.69, 9.17) is 9.97 Å². The van der Waals surface area contributed by atoms with Gasteiger partial charge in [0.15, 0.2) is 8.07 Å². The zero-order valence-corrected chi connectivity index (χ0v) is 32.0. The number of para-hydroxylation sites is 1. The average Bonchev–Trinajstić information content (AvgIpc) is 3.99. The Kier molecular flexibility index (Phi) is 6.79. The summed E-state index contributed by atoms with van der Waals surface area (Å²) in [5.74, 6) is 0.913. The summed E-state index contributed by atoms with van der Waals surface area (Å²) < 4.78 is 7.21. The van der Waals surface area contributed by atoms with Gasteiger partial charge in [0.05, 0.1) is 16.6 Å². The fourth-order valence-corrected chi connectivity index (χ4v) is 15.3. The Balaban J connectivity index is 1.22. The molecule has 0 aliphatic rings. The number of hydrogen-bond acceptors (Lipinski definition) is 3. The van der Waals surface area contributed by atoms with E-state index in [1.807, 2.05) is 29.8 Å². The molecular formula is C50H32N4SSi. The van der Waals surface area contributed by atoms with Crippen molar-refractivity contribution in [3.8, 4) is 5.82 Å². The lowest BCUT2D eigenvalue weighted by molar-refractivity contribution is 1.08. The molecule has 0 N–H and O–H groups in total. The molecule has 0 atom stereocenters. The van der Waals surface area contributed by atoms with Gasteiger partial charge in [-0.15, -0.1) is 11.3 Å². The van der Waals surface area contributed by atoms with E-state index in [-0.39, 0.29) is 0 Å². The van der Waals surface area contributed by atoms with E-state index in [0.717, 1.165) is 27.9 Å². The second-order valence-electron chi connectivity index (χ2n) is 14.6. The molecule has 12 aromatic rings. The van der Waals surface area contributed by atoms with Gasteiger partial charge in [0.25, 0.3) is 0 Å².